The average Bonchev–Trinajstić information content (AvgIpc) is 3.06. The highest BCUT2D eigenvalue weighted by Gasteiger charge is 2.15. The van der Waals surface area contributed by atoms with Crippen LogP contribution in [-0.4, -0.2) is 30.6 Å². The molecule has 1 fully saturated rings. The molecule has 0 aromatic carbocycles. The van der Waals surface area contributed by atoms with Crippen LogP contribution in [0, 0.1) is 0 Å². The predicted octanol–water partition coefficient (Wildman–Crippen LogP) is 4.05. The fourth-order valence-corrected chi connectivity index (χ4v) is 3.44. The number of hydrogen-bond donors (Lipinski definition) is 1. The highest BCUT2D eigenvalue weighted by Crippen LogP contribution is 2.23. The van der Waals surface area contributed by atoms with Crippen molar-refractivity contribution in [3.8, 4) is 11.4 Å². The SMILES string of the molecule is CC(C)c1cnn2ccc(-c3ccnc(NC4CCCCC4)n3)nc12. The molecule has 6 nitrogen and oxygen atoms in total. The first kappa shape index (κ1) is 16.0. The van der Waals surface area contributed by atoms with Crippen molar-refractivity contribution in [1.29, 1.82) is 0 Å². The fraction of sp³-hybridized carbons (Fsp3) is 0.474. The fourth-order valence-electron chi connectivity index (χ4n) is 3.44. The predicted molar refractivity (Wildman–Crippen MR) is 98.6 cm³/mol. The Kier molecular flexibility index (Phi) is 4.34. The number of hydrogen-bond acceptors (Lipinski definition) is 5. The Balaban J connectivity index is 1.63. The van der Waals surface area contributed by atoms with E-state index in [0.717, 1.165) is 22.6 Å². The van der Waals surface area contributed by atoms with Crippen molar-refractivity contribution >= 4 is 11.6 Å². The molecule has 0 atom stereocenters. The lowest BCUT2D eigenvalue weighted by Gasteiger charge is -2.22. The molecule has 25 heavy (non-hydrogen) atoms. The van der Waals surface area contributed by atoms with Crippen LogP contribution in [0.1, 0.15) is 57.4 Å². The topological polar surface area (TPSA) is 68.0 Å². The van der Waals surface area contributed by atoms with E-state index >= 15 is 0 Å². The quantitative estimate of drug-likeness (QED) is 0.778. The van der Waals surface area contributed by atoms with Crippen LogP contribution in [0.25, 0.3) is 17.0 Å². The van der Waals surface area contributed by atoms with Crippen LogP contribution in [0.15, 0.2) is 30.7 Å². The van der Waals surface area contributed by atoms with Crippen molar-refractivity contribution < 1.29 is 0 Å². The average molecular weight is 336 g/mol. The second kappa shape index (κ2) is 6.78. The van der Waals surface area contributed by atoms with Crippen LogP contribution < -0.4 is 5.32 Å². The van der Waals surface area contributed by atoms with Gasteiger partial charge in [-0.2, -0.15) is 5.10 Å². The number of nitrogens with one attached hydrogen (secondary N) is 1. The monoisotopic (exact) mass is 336 g/mol. The maximum absolute atomic E-state index is 4.80. The lowest BCUT2D eigenvalue weighted by molar-refractivity contribution is 0.461. The number of rotatable bonds is 4. The Morgan fingerprint density at radius 2 is 1.88 bits per heavy atom. The molecule has 6 heteroatoms. The number of anilines is 1. The van der Waals surface area contributed by atoms with Gasteiger partial charge in [-0.3, -0.25) is 0 Å². The molecule has 3 heterocycles. The number of nitrogens with zero attached hydrogens (tertiary/aromatic N) is 5. The molecule has 1 N–H and O–H groups in total. The summed E-state index contributed by atoms with van der Waals surface area (Å²) in [7, 11) is 0. The van der Waals surface area contributed by atoms with Crippen LogP contribution in [0.4, 0.5) is 5.95 Å². The summed E-state index contributed by atoms with van der Waals surface area (Å²) in [5, 5.41) is 7.86. The standard InChI is InChI=1S/C19H24N6/c1-13(2)15-12-21-25-11-9-17(23-18(15)25)16-8-10-20-19(24-16)22-14-6-4-3-5-7-14/h8-14H,3-7H2,1-2H3,(H,20,22,24). The molecule has 1 saturated carbocycles. The Hall–Kier alpha value is -2.50. The first-order valence-electron chi connectivity index (χ1n) is 9.15. The Bertz CT molecular complexity index is 863. The number of aromatic nitrogens is 5. The molecule has 1 aliphatic carbocycles. The molecule has 0 unspecified atom stereocenters. The normalized spacial score (nSPS) is 15.8. The van der Waals surface area contributed by atoms with Gasteiger partial charge in [0.05, 0.1) is 17.6 Å². The van der Waals surface area contributed by atoms with Crippen molar-refractivity contribution in [3.05, 3.63) is 36.3 Å². The molecule has 0 radical (unpaired) electrons. The lowest BCUT2D eigenvalue weighted by Crippen LogP contribution is -2.23. The largest absolute Gasteiger partial charge is 0.351 e. The Morgan fingerprint density at radius 3 is 2.68 bits per heavy atom. The van der Waals surface area contributed by atoms with E-state index in [1.807, 2.05) is 29.0 Å². The summed E-state index contributed by atoms with van der Waals surface area (Å²) in [6, 6.07) is 4.36. The third-order valence-electron chi connectivity index (χ3n) is 4.87. The van der Waals surface area contributed by atoms with E-state index in [1.54, 1.807) is 6.20 Å². The molecule has 0 spiro atoms. The Labute approximate surface area is 147 Å². The van der Waals surface area contributed by atoms with E-state index in [-0.39, 0.29) is 0 Å². The van der Waals surface area contributed by atoms with Gasteiger partial charge in [-0.15, -0.1) is 0 Å². The van der Waals surface area contributed by atoms with Crippen LogP contribution in [-0.2, 0) is 0 Å². The smallest absolute Gasteiger partial charge is 0.223 e. The first-order chi connectivity index (χ1) is 12.2. The van der Waals surface area contributed by atoms with Crippen molar-refractivity contribution in [2.45, 2.75) is 57.9 Å². The van der Waals surface area contributed by atoms with Crippen LogP contribution in [0.5, 0.6) is 0 Å². The van der Waals surface area contributed by atoms with Crippen LogP contribution in [0.3, 0.4) is 0 Å². The molecular weight excluding hydrogens is 312 g/mol. The van der Waals surface area contributed by atoms with Crippen molar-refractivity contribution in [2.24, 2.45) is 0 Å². The van der Waals surface area contributed by atoms with E-state index in [9.17, 15) is 0 Å². The van der Waals surface area contributed by atoms with Gasteiger partial charge in [-0.25, -0.2) is 19.5 Å². The molecule has 0 aliphatic heterocycles. The third kappa shape index (κ3) is 3.34. The van der Waals surface area contributed by atoms with Gasteiger partial charge >= 0.3 is 0 Å². The van der Waals surface area contributed by atoms with E-state index in [2.05, 4.69) is 34.2 Å². The van der Waals surface area contributed by atoms with Crippen molar-refractivity contribution in [1.82, 2.24) is 24.6 Å². The zero-order valence-electron chi connectivity index (χ0n) is 14.8. The lowest BCUT2D eigenvalue weighted by atomic mass is 9.96. The summed E-state index contributed by atoms with van der Waals surface area (Å²) in [5.74, 6) is 1.08. The molecular formula is C19H24N6. The van der Waals surface area contributed by atoms with Gasteiger partial charge in [0.25, 0.3) is 0 Å². The summed E-state index contributed by atoms with van der Waals surface area (Å²) in [6.07, 6.45) is 12.0. The molecule has 4 rings (SSSR count). The van der Waals surface area contributed by atoms with Gasteiger partial charge in [0.2, 0.25) is 5.95 Å². The van der Waals surface area contributed by atoms with E-state index in [1.165, 1.54) is 32.1 Å². The second-order valence-corrected chi connectivity index (χ2v) is 7.08. The molecule has 1 aliphatic rings. The van der Waals surface area contributed by atoms with Gasteiger partial charge in [0.15, 0.2) is 5.65 Å². The molecule has 0 saturated heterocycles. The Morgan fingerprint density at radius 1 is 1.08 bits per heavy atom. The van der Waals surface area contributed by atoms with E-state index in [4.69, 9.17) is 4.98 Å². The van der Waals surface area contributed by atoms with Gasteiger partial charge in [-0.05, 0) is 30.9 Å². The first-order valence-corrected chi connectivity index (χ1v) is 9.15. The van der Waals surface area contributed by atoms with Gasteiger partial charge < -0.3 is 5.32 Å². The van der Waals surface area contributed by atoms with Crippen molar-refractivity contribution in [2.75, 3.05) is 5.32 Å². The molecule has 0 amide bonds. The summed E-state index contributed by atoms with van der Waals surface area (Å²) in [4.78, 5) is 13.9. The van der Waals surface area contributed by atoms with Gasteiger partial charge in [-0.1, -0.05) is 33.1 Å². The van der Waals surface area contributed by atoms with Crippen LogP contribution in [0.2, 0.25) is 0 Å². The van der Waals surface area contributed by atoms with E-state index in [0.29, 0.717) is 17.9 Å². The molecule has 130 valence electrons. The minimum atomic E-state index is 0.383. The maximum Gasteiger partial charge on any atom is 0.223 e. The highest BCUT2D eigenvalue weighted by atomic mass is 15.2. The van der Waals surface area contributed by atoms with Gasteiger partial charge in [0, 0.05) is 24.0 Å². The summed E-state index contributed by atoms with van der Waals surface area (Å²) < 4.78 is 1.82. The van der Waals surface area contributed by atoms with E-state index < -0.39 is 0 Å². The minimum absolute atomic E-state index is 0.383. The zero-order valence-corrected chi connectivity index (χ0v) is 14.8. The second-order valence-electron chi connectivity index (χ2n) is 7.08. The zero-order chi connectivity index (χ0) is 17.2. The summed E-state index contributed by atoms with van der Waals surface area (Å²) in [6.45, 7) is 4.31. The van der Waals surface area contributed by atoms with Crippen LogP contribution >= 0.6 is 0 Å². The minimum Gasteiger partial charge on any atom is -0.351 e. The molecule has 0 bridgehead atoms. The summed E-state index contributed by atoms with van der Waals surface area (Å²) in [5.41, 5.74) is 3.74. The maximum atomic E-state index is 4.80. The molecule has 3 aromatic rings. The van der Waals surface area contributed by atoms with Crippen molar-refractivity contribution in [3.63, 3.8) is 0 Å². The highest BCUT2D eigenvalue weighted by molar-refractivity contribution is 5.60. The third-order valence-corrected chi connectivity index (χ3v) is 4.87. The number of fused-ring (bicyclic) bond motifs is 1. The van der Waals surface area contributed by atoms with Gasteiger partial charge in [0.1, 0.15) is 0 Å². The summed E-state index contributed by atoms with van der Waals surface area (Å²) >= 11 is 0. The molecule has 3 aromatic heterocycles.